The average molecular weight is 318 g/mol. The minimum absolute atomic E-state index is 0.0323. The Morgan fingerprint density at radius 3 is 2.32 bits per heavy atom. The monoisotopic (exact) mass is 318 g/mol. The summed E-state index contributed by atoms with van der Waals surface area (Å²) in [6, 6.07) is 0. The standard InChI is InChI=1S/C16H30O6/c1-15(2,3)9-16(4,5)6-12(19)21-8-11(18)14-13(20)10(17)7-22-14/h10-11,13-14,17-18,20H,6-9H2,1-5H3/t10-,11+,13+,14+/m0/s1. The fourth-order valence-corrected chi connectivity index (χ4v) is 3.18. The molecule has 0 aliphatic carbocycles. The van der Waals surface area contributed by atoms with Crippen LogP contribution in [0.2, 0.25) is 0 Å². The molecule has 0 aromatic carbocycles. The van der Waals surface area contributed by atoms with Gasteiger partial charge in [-0.2, -0.15) is 0 Å². The summed E-state index contributed by atoms with van der Waals surface area (Å²) in [6.07, 6.45) is -3.12. The van der Waals surface area contributed by atoms with E-state index in [0.29, 0.717) is 0 Å². The van der Waals surface area contributed by atoms with Crippen molar-refractivity contribution in [3.63, 3.8) is 0 Å². The van der Waals surface area contributed by atoms with Crippen LogP contribution in [0.3, 0.4) is 0 Å². The van der Waals surface area contributed by atoms with Crippen LogP contribution >= 0.6 is 0 Å². The Balaban J connectivity index is 2.40. The molecule has 1 heterocycles. The Bertz CT molecular complexity index is 373. The lowest BCUT2D eigenvalue weighted by atomic mass is 9.74. The fraction of sp³-hybridized carbons (Fsp3) is 0.938. The molecule has 0 saturated carbocycles. The van der Waals surface area contributed by atoms with Gasteiger partial charge in [-0.15, -0.1) is 0 Å². The highest BCUT2D eigenvalue weighted by molar-refractivity contribution is 5.70. The second-order valence-corrected chi connectivity index (χ2v) is 8.18. The first-order chi connectivity index (χ1) is 9.91. The third kappa shape index (κ3) is 6.20. The van der Waals surface area contributed by atoms with Crippen LogP contribution in [0.1, 0.15) is 47.5 Å². The highest BCUT2D eigenvalue weighted by Gasteiger charge is 2.39. The van der Waals surface area contributed by atoms with Crippen molar-refractivity contribution in [3.05, 3.63) is 0 Å². The van der Waals surface area contributed by atoms with Gasteiger partial charge in [-0.1, -0.05) is 34.6 Å². The van der Waals surface area contributed by atoms with Gasteiger partial charge in [-0.25, -0.2) is 0 Å². The minimum atomic E-state index is -1.16. The molecule has 1 rings (SSSR count). The molecule has 0 amide bonds. The predicted molar refractivity (Wildman–Crippen MR) is 81.2 cm³/mol. The van der Waals surface area contributed by atoms with Crippen LogP contribution in [0, 0.1) is 10.8 Å². The quantitative estimate of drug-likeness (QED) is 0.629. The summed E-state index contributed by atoms with van der Waals surface area (Å²) in [7, 11) is 0. The summed E-state index contributed by atoms with van der Waals surface area (Å²) >= 11 is 0. The van der Waals surface area contributed by atoms with Crippen LogP contribution in [0.5, 0.6) is 0 Å². The number of carbonyl (C=O) groups excluding carboxylic acids is 1. The van der Waals surface area contributed by atoms with E-state index in [1.807, 2.05) is 13.8 Å². The number of aliphatic hydroxyl groups is 3. The summed E-state index contributed by atoms with van der Waals surface area (Å²) in [5.41, 5.74) is -0.0823. The Kier molecular flexibility index (Phi) is 6.38. The van der Waals surface area contributed by atoms with Gasteiger partial charge in [0.2, 0.25) is 0 Å². The first kappa shape index (κ1) is 19.4. The Morgan fingerprint density at radius 2 is 1.86 bits per heavy atom. The van der Waals surface area contributed by atoms with Gasteiger partial charge in [0.05, 0.1) is 13.0 Å². The van der Waals surface area contributed by atoms with E-state index >= 15 is 0 Å². The summed E-state index contributed by atoms with van der Waals surface area (Å²) < 4.78 is 10.2. The van der Waals surface area contributed by atoms with Crippen LogP contribution in [-0.4, -0.2) is 58.9 Å². The molecule has 1 aliphatic heterocycles. The van der Waals surface area contributed by atoms with Crippen molar-refractivity contribution in [2.45, 2.75) is 71.9 Å². The van der Waals surface area contributed by atoms with E-state index in [2.05, 4.69) is 20.8 Å². The number of ether oxygens (including phenoxy) is 2. The third-order valence-corrected chi connectivity index (χ3v) is 3.62. The smallest absolute Gasteiger partial charge is 0.306 e. The van der Waals surface area contributed by atoms with Crippen molar-refractivity contribution in [1.82, 2.24) is 0 Å². The zero-order valence-electron chi connectivity index (χ0n) is 14.2. The van der Waals surface area contributed by atoms with Crippen LogP contribution in [-0.2, 0) is 14.3 Å². The van der Waals surface area contributed by atoms with Crippen LogP contribution in [0.15, 0.2) is 0 Å². The lowest BCUT2D eigenvalue weighted by molar-refractivity contribution is -0.153. The van der Waals surface area contributed by atoms with E-state index in [1.54, 1.807) is 0 Å². The lowest BCUT2D eigenvalue weighted by Crippen LogP contribution is -2.41. The Hall–Kier alpha value is -0.690. The van der Waals surface area contributed by atoms with E-state index < -0.39 is 24.4 Å². The van der Waals surface area contributed by atoms with Crippen molar-refractivity contribution in [2.24, 2.45) is 10.8 Å². The molecular weight excluding hydrogens is 288 g/mol. The van der Waals surface area contributed by atoms with Crippen LogP contribution < -0.4 is 0 Å². The molecule has 0 unspecified atom stereocenters. The van der Waals surface area contributed by atoms with Gasteiger partial charge in [0.1, 0.15) is 31.0 Å². The van der Waals surface area contributed by atoms with Crippen molar-refractivity contribution < 1.29 is 29.6 Å². The molecule has 130 valence electrons. The maximum Gasteiger partial charge on any atom is 0.306 e. The first-order valence-electron chi connectivity index (χ1n) is 7.73. The Morgan fingerprint density at radius 1 is 1.27 bits per heavy atom. The second kappa shape index (κ2) is 7.25. The zero-order valence-corrected chi connectivity index (χ0v) is 14.2. The minimum Gasteiger partial charge on any atom is -0.463 e. The van der Waals surface area contributed by atoms with E-state index in [0.717, 1.165) is 6.42 Å². The summed E-state index contributed by atoms with van der Waals surface area (Å²) in [5, 5.41) is 28.9. The molecule has 4 atom stereocenters. The molecular formula is C16H30O6. The lowest BCUT2D eigenvalue weighted by Gasteiger charge is -2.31. The number of aliphatic hydroxyl groups excluding tert-OH is 3. The van der Waals surface area contributed by atoms with Crippen molar-refractivity contribution >= 4 is 5.97 Å². The van der Waals surface area contributed by atoms with E-state index in [1.165, 1.54) is 0 Å². The molecule has 6 nitrogen and oxygen atoms in total. The fourth-order valence-electron chi connectivity index (χ4n) is 3.18. The molecule has 0 spiro atoms. The molecule has 22 heavy (non-hydrogen) atoms. The van der Waals surface area contributed by atoms with Crippen molar-refractivity contribution in [1.29, 1.82) is 0 Å². The SMILES string of the molecule is CC(C)(C)CC(C)(C)CC(=O)OC[C@@H](O)[C@H]1OC[C@H](O)[C@H]1O. The summed E-state index contributed by atoms with van der Waals surface area (Å²) in [4.78, 5) is 11.9. The number of esters is 1. The molecule has 0 radical (unpaired) electrons. The van der Waals surface area contributed by atoms with Gasteiger partial charge in [0.15, 0.2) is 0 Å². The Labute approximate surface area is 132 Å². The predicted octanol–water partition coefficient (Wildman–Crippen LogP) is 0.864. The summed E-state index contributed by atoms with van der Waals surface area (Å²) in [5.74, 6) is -0.388. The molecule has 1 saturated heterocycles. The molecule has 6 heteroatoms. The van der Waals surface area contributed by atoms with Crippen LogP contribution in [0.4, 0.5) is 0 Å². The largest absolute Gasteiger partial charge is 0.463 e. The molecule has 0 aromatic heterocycles. The average Bonchev–Trinajstić information content (AvgIpc) is 2.63. The maximum absolute atomic E-state index is 11.9. The normalized spacial score (nSPS) is 27.7. The summed E-state index contributed by atoms with van der Waals surface area (Å²) in [6.45, 7) is 10.1. The van der Waals surface area contributed by atoms with E-state index in [4.69, 9.17) is 9.47 Å². The van der Waals surface area contributed by atoms with Gasteiger partial charge < -0.3 is 24.8 Å². The molecule has 0 aromatic rings. The topological polar surface area (TPSA) is 96.2 Å². The van der Waals surface area contributed by atoms with Gasteiger partial charge in [-0.3, -0.25) is 4.79 Å². The second-order valence-electron chi connectivity index (χ2n) is 8.18. The highest BCUT2D eigenvalue weighted by Crippen LogP contribution is 2.35. The van der Waals surface area contributed by atoms with Crippen molar-refractivity contribution in [3.8, 4) is 0 Å². The van der Waals surface area contributed by atoms with Crippen molar-refractivity contribution in [2.75, 3.05) is 13.2 Å². The van der Waals surface area contributed by atoms with E-state index in [-0.39, 0.29) is 36.4 Å². The van der Waals surface area contributed by atoms with Gasteiger partial charge >= 0.3 is 5.97 Å². The first-order valence-corrected chi connectivity index (χ1v) is 7.73. The number of carbonyl (C=O) groups is 1. The van der Waals surface area contributed by atoms with E-state index in [9.17, 15) is 20.1 Å². The molecule has 0 bridgehead atoms. The van der Waals surface area contributed by atoms with Gasteiger partial charge in [0, 0.05) is 0 Å². The maximum atomic E-state index is 11.9. The number of rotatable bonds is 6. The van der Waals surface area contributed by atoms with Gasteiger partial charge in [-0.05, 0) is 17.3 Å². The number of hydrogen-bond acceptors (Lipinski definition) is 6. The molecule has 3 N–H and O–H groups in total. The zero-order chi connectivity index (χ0) is 17.1. The number of hydrogen-bond donors (Lipinski definition) is 3. The molecule has 1 fully saturated rings. The van der Waals surface area contributed by atoms with Crippen LogP contribution in [0.25, 0.3) is 0 Å². The highest BCUT2D eigenvalue weighted by atomic mass is 16.6. The third-order valence-electron chi connectivity index (χ3n) is 3.62. The molecule has 1 aliphatic rings. The van der Waals surface area contributed by atoms with Gasteiger partial charge in [0.25, 0.3) is 0 Å².